The number of sulfonamides is 1. The van der Waals surface area contributed by atoms with Crippen LogP contribution >= 0.6 is 11.6 Å². The van der Waals surface area contributed by atoms with Crippen LogP contribution in [0.3, 0.4) is 0 Å². The molecule has 1 aliphatic rings. The summed E-state index contributed by atoms with van der Waals surface area (Å²) in [5, 5.41) is 4.87. The molecule has 2 unspecified atom stereocenters. The van der Waals surface area contributed by atoms with Gasteiger partial charge < -0.3 is 4.90 Å². The maximum atomic E-state index is 14.2. The Hall–Kier alpha value is -1.18. The number of nitrogens with two attached hydrogens (primary N) is 1. The fourth-order valence-electron chi connectivity index (χ4n) is 2.22. The molecule has 0 radical (unpaired) electrons. The van der Waals surface area contributed by atoms with Crippen LogP contribution in [0.15, 0.2) is 17.0 Å². The number of hydrogen-bond donors (Lipinski definition) is 1. The number of primary sulfonamides is 1. The summed E-state index contributed by atoms with van der Waals surface area (Å²) in [4.78, 5) is 12.9. The van der Waals surface area contributed by atoms with Crippen LogP contribution in [0.4, 0.5) is 4.39 Å². The molecule has 116 valence electrons. The number of rotatable bonds is 4. The SMILES string of the molecule is CC1CC1CN(C)C(=O)c1cc(Cl)cc(S(N)(=O)=O)c1F. The van der Waals surface area contributed by atoms with Gasteiger partial charge in [0.05, 0.1) is 5.56 Å². The van der Waals surface area contributed by atoms with E-state index in [0.717, 1.165) is 18.6 Å². The zero-order chi connectivity index (χ0) is 15.9. The molecule has 21 heavy (non-hydrogen) atoms. The molecule has 2 N–H and O–H groups in total. The lowest BCUT2D eigenvalue weighted by molar-refractivity contribution is 0.0781. The number of carbonyl (C=O) groups excluding carboxylic acids is 1. The summed E-state index contributed by atoms with van der Waals surface area (Å²) in [5.41, 5.74) is -0.387. The van der Waals surface area contributed by atoms with E-state index in [0.29, 0.717) is 18.4 Å². The van der Waals surface area contributed by atoms with Gasteiger partial charge in [0.2, 0.25) is 10.0 Å². The maximum absolute atomic E-state index is 14.2. The fraction of sp³-hybridized carbons (Fsp3) is 0.462. The maximum Gasteiger partial charge on any atom is 0.256 e. The van der Waals surface area contributed by atoms with Crippen LogP contribution in [0, 0.1) is 17.7 Å². The van der Waals surface area contributed by atoms with Gasteiger partial charge in [-0.15, -0.1) is 0 Å². The van der Waals surface area contributed by atoms with Gasteiger partial charge in [0.25, 0.3) is 5.91 Å². The quantitative estimate of drug-likeness (QED) is 0.912. The summed E-state index contributed by atoms with van der Waals surface area (Å²) in [6.07, 6.45) is 1.03. The Morgan fingerprint density at radius 1 is 1.52 bits per heavy atom. The lowest BCUT2D eigenvalue weighted by Crippen LogP contribution is -2.30. The monoisotopic (exact) mass is 334 g/mol. The highest BCUT2D eigenvalue weighted by atomic mass is 35.5. The van der Waals surface area contributed by atoms with Crippen LogP contribution in [0.1, 0.15) is 23.7 Å². The van der Waals surface area contributed by atoms with Gasteiger partial charge in [-0.25, -0.2) is 17.9 Å². The molecule has 0 aliphatic heterocycles. The third kappa shape index (κ3) is 3.53. The van der Waals surface area contributed by atoms with Crippen molar-refractivity contribution in [1.29, 1.82) is 0 Å². The van der Waals surface area contributed by atoms with Gasteiger partial charge in [-0.05, 0) is 30.4 Å². The third-order valence-electron chi connectivity index (χ3n) is 3.67. The zero-order valence-corrected chi connectivity index (χ0v) is 13.2. The lowest BCUT2D eigenvalue weighted by atomic mass is 10.1. The van der Waals surface area contributed by atoms with E-state index in [-0.39, 0.29) is 10.6 Å². The van der Waals surface area contributed by atoms with Crippen molar-refractivity contribution >= 4 is 27.5 Å². The molecule has 0 spiro atoms. The van der Waals surface area contributed by atoms with Crippen LogP contribution < -0.4 is 5.14 Å². The second-order valence-corrected chi connectivity index (χ2v) is 7.44. The summed E-state index contributed by atoms with van der Waals surface area (Å²) < 4.78 is 36.9. The summed E-state index contributed by atoms with van der Waals surface area (Å²) >= 11 is 5.76. The summed E-state index contributed by atoms with van der Waals surface area (Å²) in [7, 11) is -2.74. The first-order valence-electron chi connectivity index (χ1n) is 6.38. The van der Waals surface area contributed by atoms with E-state index in [2.05, 4.69) is 6.92 Å². The molecule has 1 aliphatic carbocycles. The van der Waals surface area contributed by atoms with Gasteiger partial charge in [0, 0.05) is 18.6 Å². The molecule has 2 rings (SSSR count). The van der Waals surface area contributed by atoms with Crippen molar-refractivity contribution in [3.05, 3.63) is 28.5 Å². The molecule has 0 bridgehead atoms. The van der Waals surface area contributed by atoms with Gasteiger partial charge in [0.1, 0.15) is 4.90 Å². The van der Waals surface area contributed by atoms with Crippen molar-refractivity contribution in [2.45, 2.75) is 18.2 Å². The Bertz CT molecular complexity index is 693. The van der Waals surface area contributed by atoms with Crippen LogP contribution in [0.2, 0.25) is 5.02 Å². The number of nitrogens with zero attached hydrogens (tertiary/aromatic N) is 1. The van der Waals surface area contributed by atoms with Gasteiger partial charge in [-0.2, -0.15) is 0 Å². The van der Waals surface area contributed by atoms with Crippen molar-refractivity contribution in [3.63, 3.8) is 0 Å². The summed E-state index contributed by atoms with van der Waals surface area (Å²) in [5.74, 6) is -0.829. The Morgan fingerprint density at radius 2 is 2.10 bits per heavy atom. The van der Waals surface area contributed by atoms with E-state index in [1.54, 1.807) is 7.05 Å². The van der Waals surface area contributed by atoms with E-state index in [4.69, 9.17) is 16.7 Å². The molecule has 1 fully saturated rings. The Kier molecular flexibility index (Phi) is 4.28. The van der Waals surface area contributed by atoms with Crippen LogP contribution in [0.25, 0.3) is 0 Å². The molecule has 1 aromatic rings. The second kappa shape index (κ2) is 5.55. The van der Waals surface area contributed by atoms with Crippen molar-refractivity contribution in [2.24, 2.45) is 17.0 Å². The smallest absolute Gasteiger partial charge is 0.256 e. The first-order chi connectivity index (χ1) is 9.61. The molecule has 0 heterocycles. The second-order valence-electron chi connectivity index (χ2n) is 5.47. The molecule has 8 heteroatoms. The predicted octanol–water partition coefficient (Wildman–Crippen LogP) is 1.85. The Labute approximate surface area is 127 Å². The van der Waals surface area contributed by atoms with Crippen molar-refractivity contribution < 1.29 is 17.6 Å². The minimum Gasteiger partial charge on any atom is -0.341 e. The standard InChI is InChI=1S/C13H16ClFN2O3S/c1-7-3-8(7)6-17(2)13(18)10-4-9(14)5-11(12(10)15)21(16,19)20/h4-5,7-8H,3,6H2,1-2H3,(H2,16,19,20). The Balaban J connectivity index is 2.34. The van der Waals surface area contributed by atoms with Gasteiger partial charge >= 0.3 is 0 Å². The van der Waals surface area contributed by atoms with Crippen LogP contribution in [0.5, 0.6) is 0 Å². The molecular formula is C13H16ClFN2O3S. The third-order valence-corrected chi connectivity index (χ3v) is 4.80. The number of hydrogen-bond acceptors (Lipinski definition) is 3. The van der Waals surface area contributed by atoms with Crippen molar-refractivity contribution in [3.8, 4) is 0 Å². The molecule has 1 saturated carbocycles. The summed E-state index contributed by atoms with van der Waals surface area (Å²) in [6, 6.07) is 2.01. The van der Waals surface area contributed by atoms with Gasteiger partial charge in [-0.3, -0.25) is 4.79 Å². The highest BCUT2D eigenvalue weighted by Gasteiger charge is 2.35. The largest absolute Gasteiger partial charge is 0.341 e. The normalized spacial score (nSPS) is 21.2. The highest BCUT2D eigenvalue weighted by Crippen LogP contribution is 2.38. The number of amides is 1. The fourth-order valence-corrected chi connectivity index (χ4v) is 3.15. The number of benzene rings is 1. The summed E-state index contributed by atoms with van der Waals surface area (Å²) in [6.45, 7) is 2.57. The van der Waals surface area contributed by atoms with Crippen molar-refractivity contribution in [2.75, 3.05) is 13.6 Å². The number of carbonyl (C=O) groups is 1. The molecule has 0 aromatic heterocycles. The average molecular weight is 335 g/mol. The molecule has 5 nitrogen and oxygen atoms in total. The molecule has 1 amide bonds. The van der Waals surface area contributed by atoms with Gasteiger partial charge in [0.15, 0.2) is 5.82 Å². The molecular weight excluding hydrogens is 319 g/mol. The van der Waals surface area contributed by atoms with E-state index in [1.807, 2.05) is 0 Å². The lowest BCUT2D eigenvalue weighted by Gasteiger charge is -2.18. The zero-order valence-electron chi connectivity index (χ0n) is 11.6. The van der Waals surface area contributed by atoms with Crippen LogP contribution in [-0.4, -0.2) is 32.8 Å². The van der Waals surface area contributed by atoms with E-state index in [1.165, 1.54) is 4.90 Å². The first-order valence-corrected chi connectivity index (χ1v) is 8.31. The highest BCUT2D eigenvalue weighted by molar-refractivity contribution is 7.89. The molecule has 0 saturated heterocycles. The van der Waals surface area contributed by atoms with Gasteiger partial charge in [-0.1, -0.05) is 18.5 Å². The topological polar surface area (TPSA) is 80.5 Å². The van der Waals surface area contributed by atoms with Crippen molar-refractivity contribution in [1.82, 2.24) is 4.90 Å². The van der Waals surface area contributed by atoms with Crippen LogP contribution in [-0.2, 0) is 10.0 Å². The predicted molar refractivity (Wildman–Crippen MR) is 77.0 cm³/mol. The minimum atomic E-state index is -4.29. The van der Waals surface area contributed by atoms with E-state index < -0.39 is 26.6 Å². The first kappa shape index (κ1) is 16.2. The number of halogens is 2. The molecule has 1 aromatic carbocycles. The minimum absolute atomic E-state index is 0.0584. The van der Waals surface area contributed by atoms with E-state index in [9.17, 15) is 17.6 Å². The Morgan fingerprint density at radius 3 is 2.57 bits per heavy atom. The average Bonchev–Trinajstić information content (AvgIpc) is 3.05. The van der Waals surface area contributed by atoms with E-state index >= 15 is 0 Å². The molecule has 2 atom stereocenters.